The molecule has 0 saturated carbocycles. The Bertz CT molecular complexity index is 449. The zero-order valence-corrected chi connectivity index (χ0v) is 12.2. The van der Waals surface area contributed by atoms with Crippen LogP contribution in [0.25, 0.3) is 0 Å². The van der Waals surface area contributed by atoms with E-state index in [2.05, 4.69) is 9.97 Å². The Hall–Kier alpha value is -1.93. The van der Waals surface area contributed by atoms with Crippen LogP contribution in [0.15, 0.2) is 12.5 Å². The van der Waals surface area contributed by atoms with Gasteiger partial charge in [0.1, 0.15) is 6.04 Å². The van der Waals surface area contributed by atoms with Crippen molar-refractivity contribution in [1.29, 1.82) is 0 Å². The van der Waals surface area contributed by atoms with Crippen LogP contribution in [0.4, 0.5) is 0 Å². The highest BCUT2D eigenvalue weighted by Crippen LogP contribution is 2.10. The molecule has 0 saturated heterocycles. The van der Waals surface area contributed by atoms with Crippen LogP contribution >= 0.6 is 0 Å². The summed E-state index contributed by atoms with van der Waals surface area (Å²) in [5.41, 5.74) is 11.9. The number of imidazole rings is 1. The third-order valence-corrected chi connectivity index (χ3v) is 3.33. The monoisotopic (exact) mass is 297 g/mol. The van der Waals surface area contributed by atoms with E-state index >= 15 is 0 Å². The Kier molecular flexibility index (Phi) is 6.83. The van der Waals surface area contributed by atoms with Crippen LogP contribution in [0.3, 0.4) is 0 Å². The molecule has 0 fully saturated rings. The Morgan fingerprint density at radius 1 is 1.48 bits per heavy atom. The summed E-state index contributed by atoms with van der Waals surface area (Å²) >= 11 is 0. The zero-order chi connectivity index (χ0) is 15.8. The van der Waals surface area contributed by atoms with Crippen molar-refractivity contribution in [2.45, 2.75) is 37.8 Å². The summed E-state index contributed by atoms with van der Waals surface area (Å²) in [5.74, 6) is -1.44. The molecular formula is C13H23N5O3. The largest absolute Gasteiger partial charge is 0.480 e. The zero-order valence-electron chi connectivity index (χ0n) is 12.2. The number of likely N-dealkylation sites (N-methyl/N-ethyl adjacent to an activating group) is 1. The fourth-order valence-corrected chi connectivity index (χ4v) is 2.10. The number of carbonyl (C=O) groups is 2. The highest BCUT2D eigenvalue weighted by molar-refractivity contribution is 5.86. The van der Waals surface area contributed by atoms with Gasteiger partial charge in [-0.3, -0.25) is 4.79 Å². The number of H-pyrrole nitrogens is 1. The van der Waals surface area contributed by atoms with Gasteiger partial charge in [-0.2, -0.15) is 0 Å². The van der Waals surface area contributed by atoms with E-state index in [-0.39, 0.29) is 6.42 Å². The molecule has 118 valence electrons. The molecule has 1 rings (SSSR count). The van der Waals surface area contributed by atoms with Crippen molar-refractivity contribution in [3.05, 3.63) is 18.2 Å². The lowest BCUT2D eigenvalue weighted by molar-refractivity contribution is -0.149. The molecule has 6 N–H and O–H groups in total. The quantitative estimate of drug-likeness (QED) is 0.445. The number of carboxylic acids is 1. The summed E-state index contributed by atoms with van der Waals surface area (Å²) in [6.07, 6.45) is 5.17. The van der Waals surface area contributed by atoms with Crippen molar-refractivity contribution < 1.29 is 14.7 Å². The topological polar surface area (TPSA) is 138 Å². The number of carboxylic acid groups (broad SMARTS) is 1. The van der Waals surface area contributed by atoms with Gasteiger partial charge in [-0.15, -0.1) is 0 Å². The van der Waals surface area contributed by atoms with Gasteiger partial charge in [-0.1, -0.05) is 0 Å². The normalized spacial score (nSPS) is 13.7. The highest BCUT2D eigenvalue weighted by Gasteiger charge is 2.29. The molecule has 0 aliphatic rings. The maximum Gasteiger partial charge on any atom is 0.326 e. The number of amides is 1. The van der Waals surface area contributed by atoms with E-state index < -0.39 is 24.0 Å². The maximum absolute atomic E-state index is 12.2. The predicted octanol–water partition coefficient (Wildman–Crippen LogP) is -0.680. The van der Waals surface area contributed by atoms with Crippen LogP contribution < -0.4 is 11.5 Å². The summed E-state index contributed by atoms with van der Waals surface area (Å²) in [6.45, 7) is 0.503. The number of aromatic nitrogens is 2. The van der Waals surface area contributed by atoms with Gasteiger partial charge in [0.25, 0.3) is 0 Å². The number of unbranched alkanes of at least 4 members (excludes halogenated alkanes) is 1. The number of aromatic amines is 1. The van der Waals surface area contributed by atoms with Gasteiger partial charge in [0.05, 0.1) is 18.1 Å². The van der Waals surface area contributed by atoms with E-state index in [4.69, 9.17) is 11.5 Å². The van der Waals surface area contributed by atoms with Crippen LogP contribution in [0, 0.1) is 0 Å². The van der Waals surface area contributed by atoms with Gasteiger partial charge in [-0.05, 0) is 25.8 Å². The molecule has 1 heterocycles. The molecule has 0 aromatic carbocycles. The maximum atomic E-state index is 12.2. The predicted molar refractivity (Wildman–Crippen MR) is 77.4 cm³/mol. The molecule has 2 atom stereocenters. The second-order valence-corrected chi connectivity index (χ2v) is 4.96. The van der Waals surface area contributed by atoms with Crippen molar-refractivity contribution in [1.82, 2.24) is 14.9 Å². The molecule has 0 spiro atoms. The molecule has 8 heteroatoms. The molecule has 0 unspecified atom stereocenters. The lowest BCUT2D eigenvalue weighted by atomic mass is 10.1. The fourth-order valence-electron chi connectivity index (χ4n) is 2.10. The van der Waals surface area contributed by atoms with Crippen LogP contribution in [0.5, 0.6) is 0 Å². The molecule has 1 aromatic heterocycles. The van der Waals surface area contributed by atoms with Gasteiger partial charge in [0.15, 0.2) is 0 Å². The number of nitrogens with one attached hydrogen (secondary N) is 1. The first-order valence-corrected chi connectivity index (χ1v) is 6.90. The lowest BCUT2D eigenvalue weighted by Gasteiger charge is -2.27. The number of rotatable bonds is 9. The van der Waals surface area contributed by atoms with Crippen molar-refractivity contribution >= 4 is 11.9 Å². The number of hydrogen-bond acceptors (Lipinski definition) is 5. The fraction of sp³-hybridized carbons (Fsp3) is 0.615. The van der Waals surface area contributed by atoms with Gasteiger partial charge in [-0.25, -0.2) is 9.78 Å². The Labute approximate surface area is 123 Å². The number of hydrogen-bond donors (Lipinski definition) is 4. The van der Waals surface area contributed by atoms with Gasteiger partial charge >= 0.3 is 5.97 Å². The Balaban J connectivity index is 2.61. The first-order chi connectivity index (χ1) is 9.97. The SMILES string of the molecule is CN(C(=O)[C@@H](N)Cc1c[nH]cn1)[C@@H](CCCCN)C(=O)O. The van der Waals surface area contributed by atoms with Crippen LogP contribution in [0.1, 0.15) is 25.0 Å². The number of nitrogens with two attached hydrogens (primary N) is 2. The van der Waals surface area contributed by atoms with Gasteiger partial charge in [0.2, 0.25) is 5.91 Å². The third kappa shape index (κ3) is 5.16. The van der Waals surface area contributed by atoms with E-state index in [0.717, 1.165) is 6.42 Å². The molecule has 1 amide bonds. The molecule has 0 aliphatic heterocycles. The lowest BCUT2D eigenvalue weighted by Crippen LogP contribution is -2.50. The van der Waals surface area contributed by atoms with E-state index in [1.807, 2.05) is 0 Å². The second kappa shape index (κ2) is 8.38. The third-order valence-electron chi connectivity index (χ3n) is 3.33. The van der Waals surface area contributed by atoms with Crippen molar-refractivity contribution in [2.24, 2.45) is 11.5 Å². The summed E-state index contributed by atoms with van der Waals surface area (Å²) in [6, 6.07) is -1.69. The number of aliphatic carboxylic acids is 1. The molecule has 0 bridgehead atoms. The summed E-state index contributed by atoms with van der Waals surface area (Å²) in [4.78, 5) is 31.5. The average molecular weight is 297 g/mol. The van der Waals surface area contributed by atoms with E-state index in [0.29, 0.717) is 25.1 Å². The van der Waals surface area contributed by atoms with E-state index in [1.54, 1.807) is 6.20 Å². The van der Waals surface area contributed by atoms with Crippen LogP contribution in [0.2, 0.25) is 0 Å². The first-order valence-electron chi connectivity index (χ1n) is 6.90. The molecule has 0 aliphatic carbocycles. The van der Waals surface area contributed by atoms with Gasteiger partial charge < -0.3 is 26.5 Å². The van der Waals surface area contributed by atoms with Crippen LogP contribution in [-0.2, 0) is 16.0 Å². The van der Waals surface area contributed by atoms with Crippen molar-refractivity contribution in [3.8, 4) is 0 Å². The molecule has 21 heavy (non-hydrogen) atoms. The number of nitrogens with zero attached hydrogens (tertiary/aromatic N) is 2. The standard InChI is InChI=1S/C13H23N5O3/c1-18(11(13(20)21)4-2-3-5-14)12(19)10(15)6-9-7-16-8-17-9/h7-8,10-11H,2-6,14-15H2,1H3,(H,16,17)(H,20,21)/t10-,11-/m0/s1. The molecular weight excluding hydrogens is 274 g/mol. The summed E-state index contributed by atoms with van der Waals surface area (Å²) < 4.78 is 0. The van der Waals surface area contributed by atoms with Crippen molar-refractivity contribution in [2.75, 3.05) is 13.6 Å². The first kappa shape index (κ1) is 17.1. The number of carbonyl (C=O) groups excluding carboxylic acids is 1. The highest BCUT2D eigenvalue weighted by atomic mass is 16.4. The van der Waals surface area contributed by atoms with E-state index in [9.17, 15) is 14.7 Å². The summed E-state index contributed by atoms with van der Waals surface area (Å²) in [7, 11) is 1.47. The van der Waals surface area contributed by atoms with E-state index in [1.165, 1.54) is 18.3 Å². The van der Waals surface area contributed by atoms with Gasteiger partial charge in [0, 0.05) is 19.7 Å². The Morgan fingerprint density at radius 2 is 2.19 bits per heavy atom. The minimum absolute atomic E-state index is 0.266. The molecule has 1 aromatic rings. The van der Waals surface area contributed by atoms with Crippen molar-refractivity contribution in [3.63, 3.8) is 0 Å². The van der Waals surface area contributed by atoms with Crippen LogP contribution in [-0.4, -0.2) is 57.5 Å². The summed E-state index contributed by atoms with van der Waals surface area (Å²) in [5, 5.41) is 9.25. The Morgan fingerprint density at radius 3 is 2.71 bits per heavy atom. The molecule has 0 radical (unpaired) electrons. The minimum atomic E-state index is -1.03. The molecule has 8 nitrogen and oxygen atoms in total. The minimum Gasteiger partial charge on any atom is -0.480 e. The smallest absolute Gasteiger partial charge is 0.326 e. The second-order valence-electron chi connectivity index (χ2n) is 4.96. The average Bonchev–Trinajstić information content (AvgIpc) is 2.94.